The Morgan fingerprint density at radius 3 is 2.57 bits per heavy atom. The molecule has 1 aromatic heterocycles. The molecule has 2 N–H and O–H groups in total. The van der Waals surface area contributed by atoms with E-state index in [4.69, 9.17) is 5.73 Å². The molecular weight excluding hydrogens is 290 g/mol. The molecule has 0 radical (unpaired) electrons. The fourth-order valence-corrected chi connectivity index (χ4v) is 4.67. The molecule has 3 heterocycles. The van der Waals surface area contributed by atoms with Crippen LogP contribution >= 0.6 is 0 Å². The van der Waals surface area contributed by atoms with E-state index in [1.807, 2.05) is 0 Å². The SMILES string of the molecule is Cn1cc(S(=O)(=O)N2CCC(N3CCC(N)CC3)C2)cn1. The molecule has 1 aromatic rings. The summed E-state index contributed by atoms with van der Waals surface area (Å²) >= 11 is 0. The van der Waals surface area contributed by atoms with Gasteiger partial charge in [0.25, 0.3) is 0 Å². The smallest absolute Gasteiger partial charge is 0.246 e. The van der Waals surface area contributed by atoms with Gasteiger partial charge in [0, 0.05) is 38.4 Å². The van der Waals surface area contributed by atoms with Gasteiger partial charge in [-0.2, -0.15) is 9.40 Å². The van der Waals surface area contributed by atoms with Crippen LogP contribution in [0.5, 0.6) is 0 Å². The van der Waals surface area contributed by atoms with Gasteiger partial charge in [-0.15, -0.1) is 0 Å². The van der Waals surface area contributed by atoms with Gasteiger partial charge in [0.1, 0.15) is 4.90 Å². The minimum Gasteiger partial charge on any atom is -0.328 e. The minimum absolute atomic E-state index is 0.284. The largest absolute Gasteiger partial charge is 0.328 e. The van der Waals surface area contributed by atoms with Crippen molar-refractivity contribution < 1.29 is 8.42 Å². The number of hydrogen-bond acceptors (Lipinski definition) is 5. The van der Waals surface area contributed by atoms with Crippen LogP contribution in [0, 0.1) is 0 Å². The van der Waals surface area contributed by atoms with Gasteiger partial charge in [-0.25, -0.2) is 8.42 Å². The summed E-state index contributed by atoms with van der Waals surface area (Å²) in [5, 5.41) is 3.96. The molecule has 118 valence electrons. The molecule has 21 heavy (non-hydrogen) atoms. The molecule has 2 saturated heterocycles. The van der Waals surface area contributed by atoms with E-state index in [0.717, 1.165) is 32.4 Å². The number of nitrogens with two attached hydrogens (primary N) is 1. The van der Waals surface area contributed by atoms with Crippen molar-refractivity contribution in [2.75, 3.05) is 26.2 Å². The summed E-state index contributed by atoms with van der Waals surface area (Å²) in [5.41, 5.74) is 5.93. The highest BCUT2D eigenvalue weighted by molar-refractivity contribution is 7.89. The van der Waals surface area contributed by atoms with Crippen LogP contribution in [0.4, 0.5) is 0 Å². The van der Waals surface area contributed by atoms with Crippen LogP contribution in [0.2, 0.25) is 0 Å². The van der Waals surface area contributed by atoms with Crippen LogP contribution in [0.25, 0.3) is 0 Å². The predicted molar refractivity (Wildman–Crippen MR) is 79.2 cm³/mol. The minimum atomic E-state index is -3.40. The third-order valence-corrected chi connectivity index (χ3v) is 6.35. The summed E-state index contributed by atoms with van der Waals surface area (Å²) in [6.45, 7) is 3.12. The fraction of sp³-hybridized carbons (Fsp3) is 0.769. The molecule has 0 spiro atoms. The molecule has 0 aliphatic carbocycles. The highest BCUT2D eigenvalue weighted by Gasteiger charge is 2.36. The fourth-order valence-electron chi connectivity index (χ4n) is 3.19. The third kappa shape index (κ3) is 2.98. The van der Waals surface area contributed by atoms with Crippen LogP contribution in [-0.4, -0.2) is 65.7 Å². The maximum Gasteiger partial charge on any atom is 0.246 e. The number of piperidine rings is 1. The summed E-state index contributed by atoms with van der Waals surface area (Å²) in [6.07, 6.45) is 5.89. The lowest BCUT2D eigenvalue weighted by Gasteiger charge is -2.34. The number of nitrogens with zero attached hydrogens (tertiary/aromatic N) is 4. The average molecular weight is 313 g/mol. The molecule has 7 nitrogen and oxygen atoms in total. The van der Waals surface area contributed by atoms with Crippen molar-refractivity contribution in [3.05, 3.63) is 12.4 Å². The van der Waals surface area contributed by atoms with Crippen LogP contribution in [-0.2, 0) is 17.1 Å². The van der Waals surface area contributed by atoms with Crippen molar-refractivity contribution in [1.82, 2.24) is 19.0 Å². The van der Waals surface area contributed by atoms with E-state index in [-0.39, 0.29) is 4.90 Å². The van der Waals surface area contributed by atoms with Crippen molar-refractivity contribution in [3.63, 3.8) is 0 Å². The van der Waals surface area contributed by atoms with Crippen LogP contribution in [0.3, 0.4) is 0 Å². The van der Waals surface area contributed by atoms with Gasteiger partial charge >= 0.3 is 0 Å². The van der Waals surface area contributed by atoms with Gasteiger partial charge in [0.05, 0.1) is 6.20 Å². The van der Waals surface area contributed by atoms with E-state index in [1.165, 1.54) is 10.9 Å². The topological polar surface area (TPSA) is 84.5 Å². The van der Waals surface area contributed by atoms with Gasteiger partial charge in [-0.05, 0) is 32.4 Å². The van der Waals surface area contributed by atoms with Gasteiger partial charge in [0.15, 0.2) is 0 Å². The zero-order valence-electron chi connectivity index (χ0n) is 12.4. The van der Waals surface area contributed by atoms with Crippen LogP contribution < -0.4 is 5.73 Å². The molecule has 0 saturated carbocycles. The number of sulfonamides is 1. The van der Waals surface area contributed by atoms with E-state index < -0.39 is 10.0 Å². The number of aromatic nitrogens is 2. The van der Waals surface area contributed by atoms with E-state index in [9.17, 15) is 8.42 Å². The van der Waals surface area contributed by atoms with Crippen molar-refractivity contribution in [2.24, 2.45) is 12.8 Å². The Bertz CT molecular complexity index is 591. The highest BCUT2D eigenvalue weighted by Crippen LogP contribution is 2.25. The quantitative estimate of drug-likeness (QED) is 0.821. The molecule has 0 amide bonds. The Balaban J connectivity index is 1.66. The Labute approximate surface area is 125 Å². The van der Waals surface area contributed by atoms with Crippen molar-refractivity contribution in [1.29, 1.82) is 0 Å². The van der Waals surface area contributed by atoms with E-state index in [1.54, 1.807) is 17.5 Å². The molecule has 8 heteroatoms. The lowest BCUT2D eigenvalue weighted by molar-refractivity contribution is 0.159. The van der Waals surface area contributed by atoms with E-state index >= 15 is 0 Å². The molecule has 2 fully saturated rings. The zero-order valence-corrected chi connectivity index (χ0v) is 13.2. The first-order chi connectivity index (χ1) is 9.96. The highest BCUT2D eigenvalue weighted by atomic mass is 32.2. The summed E-state index contributed by atoms with van der Waals surface area (Å²) in [7, 11) is -1.68. The summed E-state index contributed by atoms with van der Waals surface area (Å²) < 4.78 is 28.2. The molecule has 0 aromatic carbocycles. The van der Waals surface area contributed by atoms with E-state index in [2.05, 4.69) is 10.00 Å². The van der Waals surface area contributed by atoms with Crippen molar-refractivity contribution in [3.8, 4) is 0 Å². The van der Waals surface area contributed by atoms with E-state index in [0.29, 0.717) is 25.2 Å². The van der Waals surface area contributed by atoms with Gasteiger partial charge in [0.2, 0.25) is 10.0 Å². The normalized spacial score (nSPS) is 26.5. The van der Waals surface area contributed by atoms with Crippen molar-refractivity contribution in [2.45, 2.75) is 36.2 Å². The first kappa shape index (κ1) is 15.0. The van der Waals surface area contributed by atoms with Gasteiger partial charge in [-0.1, -0.05) is 0 Å². The zero-order chi connectivity index (χ0) is 15.0. The van der Waals surface area contributed by atoms with Crippen molar-refractivity contribution >= 4 is 10.0 Å². The lowest BCUT2D eigenvalue weighted by atomic mass is 10.0. The molecular formula is C13H23N5O2S. The third-order valence-electron chi connectivity index (χ3n) is 4.54. The Morgan fingerprint density at radius 1 is 1.24 bits per heavy atom. The Hall–Kier alpha value is -0.960. The summed E-state index contributed by atoms with van der Waals surface area (Å²) in [5.74, 6) is 0. The molecule has 2 aliphatic heterocycles. The first-order valence-electron chi connectivity index (χ1n) is 7.45. The number of hydrogen-bond donors (Lipinski definition) is 1. The standard InChI is InChI=1S/C13H23N5O2S/c1-16-10-13(8-15-16)21(19,20)18-7-4-12(9-18)17-5-2-11(14)3-6-17/h8,10-12H,2-7,9,14H2,1H3. The summed E-state index contributed by atoms with van der Waals surface area (Å²) in [4.78, 5) is 2.67. The predicted octanol–water partition coefficient (Wildman–Crippen LogP) is -0.394. The summed E-state index contributed by atoms with van der Waals surface area (Å²) in [6, 6.07) is 0.627. The number of aryl methyl sites for hydroxylation is 1. The molecule has 0 bridgehead atoms. The Kier molecular flexibility index (Phi) is 4.04. The van der Waals surface area contributed by atoms with Crippen LogP contribution in [0.1, 0.15) is 19.3 Å². The maximum absolute atomic E-state index is 12.6. The second-order valence-corrected chi connectivity index (χ2v) is 7.97. The maximum atomic E-state index is 12.6. The second-order valence-electron chi connectivity index (χ2n) is 6.03. The first-order valence-corrected chi connectivity index (χ1v) is 8.89. The molecule has 1 unspecified atom stereocenters. The monoisotopic (exact) mass is 313 g/mol. The molecule has 3 rings (SSSR count). The number of likely N-dealkylation sites (tertiary alicyclic amines) is 1. The average Bonchev–Trinajstić information content (AvgIpc) is 3.09. The molecule has 1 atom stereocenters. The Morgan fingerprint density at radius 2 is 1.95 bits per heavy atom. The lowest BCUT2D eigenvalue weighted by Crippen LogP contribution is -2.46. The molecule has 2 aliphatic rings. The van der Waals surface area contributed by atoms with Crippen LogP contribution in [0.15, 0.2) is 17.3 Å². The van der Waals surface area contributed by atoms with Gasteiger partial charge in [-0.3, -0.25) is 9.58 Å². The second kappa shape index (κ2) is 5.68. The number of rotatable bonds is 3. The van der Waals surface area contributed by atoms with Gasteiger partial charge < -0.3 is 5.73 Å².